The molecule has 23 heavy (non-hydrogen) atoms. The van der Waals surface area contributed by atoms with Crippen LogP contribution in [0.2, 0.25) is 0 Å². The van der Waals surface area contributed by atoms with E-state index in [4.69, 9.17) is 4.74 Å². The topological polar surface area (TPSA) is 73.2 Å². The lowest BCUT2D eigenvalue weighted by Gasteiger charge is -2.11. The number of carbonyl (C=O) groups excluding carboxylic acids is 1. The van der Waals surface area contributed by atoms with Crippen molar-refractivity contribution in [3.05, 3.63) is 52.4 Å². The Balaban J connectivity index is 2.19. The highest BCUT2D eigenvalue weighted by Crippen LogP contribution is 2.23. The summed E-state index contributed by atoms with van der Waals surface area (Å²) in [6, 6.07) is 10.00. The van der Waals surface area contributed by atoms with E-state index in [2.05, 4.69) is 10.4 Å². The third kappa shape index (κ3) is 4.42. The predicted molar refractivity (Wildman–Crippen MR) is 89.0 cm³/mol. The molecule has 1 N–H and O–H groups in total. The first-order chi connectivity index (χ1) is 11.2. The largest absolute Gasteiger partial charge is 0.492 e. The first-order valence-electron chi connectivity index (χ1n) is 7.77. The highest BCUT2D eigenvalue weighted by molar-refractivity contribution is 6.03. The second kappa shape index (κ2) is 8.12. The van der Waals surface area contributed by atoms with Crippen molar-refractivity contribution in [3.63, 3.8) is 0 Å². The van der Waals surface area contributed by atoms with Gasteiger partial charge in [0.1, 0.15) is 11.4 Å². The number of benzene rings is 1. The van der Waals surface area contributed by atoms with E-state index in [0.29, 0.717) is 24.6 Å². The second-order valence-corrected chi connectivity index (χ2v) is 5.02. The van der Waals surface area contributed by atoms with Gasteiger partial charge in [0.25, 0.3) is 11.5 Å². The number of nitrogens with one attached hydrogen (secondary N) is 1. The van der Waals surface area contributed by atoms with Gasteiger partial charge in [-0.25, -0.2) is 4.68 Å². The van der Waals surface area contributed by atoms with Crippen molar-refractivity contribution >= 4 is 11.6 Å². The van der Waals surface area contributed by atoms with Crippen molar-refractivity contribution < 1.29 is 9.53 Å². The first kappa shape index (κ1) is 16.7. The van der Waals surface area contributed by atoms with Crippen LogP contribution in [0.5, 0.6) is 5.75 Å². The summed E-state index contributed by atoms with van der Waals surface area (Å²) in [6.07, 6.45) is 1.79. The van der Waals surface area contributed by atoms with Crippen LogP contribution < -0.4 is 15.6 Å². The standard InChI is InChI=1S/C17H21N3O3/c1-3-5-12-20-16(21)11-10-14(19-20)17(22)18-13-8-6-7-9-15(13)23-4-2/h6-11H,3-5,12H2,1-2H3,(H,18,22). The Morgan fingerprint density at radius 2 is 2.00 bits per heavy atom. The number of nitrogens with zero attached hydrogens (tertiary/aromatic N) is 2. The summed E-state index contributed by atoms with van der Waals surface area (Å²) in [4.78, 5) is 24.1. The summed E-state index contributed by atoms with van der Waals surface area (Å²) >= 11 is 0. The maximum absolute atomic E-state index is 12.4. The lowest BCUT2D eigenvalue weighted by atomic mass is 10.2. The fraction of sp³-hybridized carbons (Fsp3) is 0.353. The lowest BCUT2D eigenvalue weighted by molar-refractivity contribution is 0.101. The molecule has 1 aromatic carbocycles. The monoisotopic (exact) mass is 315 g/mol. The predicted octanol–water partition coefficient (Wildman–Crippen LogP) is 2.69. The summed E-state index contributed by atoms with van der Waals surface area (Å²) in [5.74, 6) is 0.227. The molecule has 0 aliphatic heterocycles. The zero-order valence-corrected chi connectivity index (χ0v) is 13.4. The molecular weight excluding hydrogens is 294 g/mol. The number of aromatic nitrogens is 2. The number of ether oxygens (including phenoxy) is 1. The smallest absolute Gasteiger partial charge is 0.276 e. The molecule has 1 heterocycles. The van der Waals surface area contributed by atoms with Gasteiger partial charge in [0.2, 0.25) is 0 Å². The van der Waals surface area contributed by atoms with Gasteiger partial charge in [-0.05, 0) is 31.5 Å². The Labute approximate surface area is 135 Å². The number of rotatable bonds is 7. The summed E-state index contributed by atoms with van der Waals surface area (Å²) in [5, 5.41) is 6.91. The molecule has 0 aliphatic rings. The van der Waals surface area contributed by atoms with E-state index in [1.54, 1.807) is 12.1 Å². The van der Waals surface area contributed by atoms with Crippen LogP contribution >= 0.6 is 0 Å². The number of carbonyl (C=O) groups is 1. The molecule has 2 aromatic rings. The summed E-state index contributed by atoms with van der Waals surface area (Å²) in [6.45, 7) is 4.93. The molecule has 0 spiro atoms. The highest BCUT2D eigenvalue weighted by atomic mass is 16.5. The van der Waals surface area contributed by atoms with Gasteiger partial charge < -0.3 is 10.1 Å². The zero-order valence-electron chi connectivity index (χ0n) is 13.4. The van der Waals surface area contributed by atoms with E-state index >= 15 is 0 Å². The normalized spacial score (nSPS) is 10.3. The molecule has 0 saturated carbocycles. The lowest BCUT2D eigenvalue weighted by Crippen LogP contribution is -2.26. The molecule has 122 valence electrons. The van der Waals surface area contributed by atoms with E-state index in [-0.39, 0.29) is 17.2 Å². The molecule has 1 amide bonds. The van der Waals surface area contributed by atoms with Gasteiger partial charge in [-0.15, -0.1) is 0 Å². The third-order valence-corrected chi connectivity index (χ3v) is 3.26. The first-order valence-corrected chi connectivity index (χ1v) is 7.77. The minimum absolute atomic E-state index is 0.201. The molecule has 6 nitrogen and oxygen atoms in total. The Morgan fingerprint density at radius 3 is 2.74 bits per heavy atom. The quantitative estimate of drug-likeness (QED) is 0.852. The Hall–Kier alpha value is -2.63. The minimum Gasteiger partial charge on any atom is -0.492 e. The van der Waals surface area contributed by atoms with Gasteiger partial charge in [0, 0.05) is 12.6 Å². The molecule has 0 saturated heterocycles. The molecule has 0 radical (unpaired) electrons. The van der Waals surface area contributed by atoms with E-state index in [1.807, 2.05) is 26.0 Å². The van der Waals surface area contributed by atoms with E-state index in [9.17, 15) is 9.59 Å². The maximum atomic E-state index is 12.4. The molecule has 6 heteroatoms. The second-order valence-electron chi connectivity index (χ2n) is 5.02. The maximum Gasteiger partial charge on any atom is 0.276 e. The fourth-order valence-corrected chi connectivity index (χ4v) is 2.08. The fourth-order valence-electron chi connectivity index (χ4n) is 2.08. The molecule has 2 rings (SSSR count). The van der Waals surface area contributed by atoms with Gasteiger partial charge in [-0.2, -0.15) is 5.10 Å². The number of hydrogen-bond acceptors (Lipinski definition) is 4. The molecule has 0 aliphatic carbocycles. The van der Waals surface area contributed by atoms with Gasteiger partial charge in [0.15, 0.2) is 0 Å². The SMILES string of the molecule is CCCCn1nc(C(=O)Nc2ccccc2OCC)ccc1=O. The highest BCUT2D eigenvalue weighted by Gasteiger charge is 2.12. The van der Waals surface area contributed by atoms with Crippen molar-refractivity contribution in [2.45, 2.75) is 33.2 Å². The van der Waals surface area contributed by atoms with Crippen molar-refractivity contribution in [2.24, 2.45) is 0 Å². The zero-order chi connectivity index (χ0) is 16.7. The van der Waals surface area contributed by atoms with Gasteiger partial charge in [-0.1, -0.05) is 25.5 Å². The van der Waals surface area contributed by atoms with Crippen LogP contribution in [0, 0.1) is 0 Å². The van der Waals surface area contributed by atoms with E-state index in [0.717, 1.165) is 12.8 Å². The average Bonchev–Trinajstić information content (AvgIpc) is 2.56. The number of aryl methyl sites for hydroxylation is 1. The molecular formula is C17H21N3O3. The van der Waals surface area contributed by atoms with Crippen LogP contribution in [0.4, 0.5) is 5.69 Å². The summed E-state index contributed by atoms with van der Waals surface area (Å²) in [5.41, 5.74) is 0.573. The van der Waals surface area contributed by atoms with Crippen LogP contribution in [-0.4, -0.2) is 22.3 Å². The number of anilines is 1. The van der Waals surface area contributed by atoms with Gasteiger partial charge in [-0.3, -0.25) is 9.59 Å². The molecule has 0 unspecified atom stereocenters. The van der Waals surface area contributed by atoms with Crippen molar-refractivity contribution in [2.75, 3.05) is 11.9 Å². The van der Waals surface area contributed by atoms with Crippen LogP contribution in [0.3, 0.4) is 0 Å². The number of amides is 1. The molecule has 0 atom stereocenters. The van der Waals surface area contributed by atoms with Crippen molar-refractivity contribution in [1.29, 1.82) is 0 Å². The Morgan fingerprint density at radius 1 is 1.22 bits per heavy atom. The van der Waals surface area contributed by atoms with Crippen LogP contribution in [0.15, 0.2) is 41.2 Å². The Kier molecular flexibility index (Phi) is 5.91. The van der Waals surface area contributed by atoms with E-state index in [1.165, 1.54) is 16.8 Å². The third-order valence-electron chi connectivity index (χ3n) is 3.26. The van der Waals surface area contributed by atoms with Crippen LogP contribution in [-0.2, 0) is 6.54 Å². The molecule has 0 fully saturated rings. The number of para-hydroxylation sites is 2. The van der Waals surface area contributed by atoms with Crippen LogP contribution in [0.1, 0.15) is 37.2 Å². The number of hydrogen-bond donors (Lipinski definition) is 1. The van der Waals surface area contributed by atoms with Gasteiger partial charge in [0.05, 0.1) is 12.3 Å². The molecule has 1 aromatic heterocycles. The Bertz CT molecular complexity index is 725. The van der Waals surface area contributed by atoms with E-state index < -0.39 is 0 Å². The summed E-state index contributed by atoms with van der Waals surface area (Å²) < 4.78 is 6.81. The minimum atomic E-state index is -0.373. The number of unbranched alkanes of at least 4 members (excludes halogenated alkanes) is 1. The van der Waals surface area contributed by atoms with Gasteiger partial charge >= 0.3 is 0 Å². The van der Waals surface area contributed by atoms with Crippen molar-refractivity contribution in [3.8, 4) is 5.75 Å². The average molecular weight is 315 g/mol. The van der Waals surface area contributed by atoms with Crippen molar-refractivity contribution in [1.82, 2.24) is 9.78 Å². The summed E-state index contributed by atoms with van der Waals surface area (Å²) in [7, 11) is 0. The van der Waals surface area contributed by atoms with Crippen LogP contribution in [0.25, 0.3) is 0 Å². The molecule has 0 bridgehead atoms.